The second-order valence-corrected chi connectivity index (χ2v) is 5.61. The lowest BCUT2D eigenvalue weighted by molar-refractivity contribution is 0.414. The summed E-state index contributed by atoms with van der Waals surface area (Å²) in [6.45, 7) is 0.636. The molecular formula is C18H17N5O3. The molecule has 3 heterocycles. The van der Waals surface area contributed by atoms with Crippen LogP contribution in [-0.2, 0) is 6.42 Å². The predicted octanol–water partition coefficient (Wildman–Crippen LogP) is 3.12. The maximum Gasteiger partial charge on any atom is 0.265 e. The number of nitrogen functional groups attached to an aromatic ring is 1. The van der Waals surface area contributed by atoms with Gasteiger partial charge in [0.2, 0.25) is 5.95 Å². The first-order chi connectivity index (χ1) is 12.7. The predicted molar refractivity (Wildman–Crippen MR) is 96.9 cm³/mol. The highest BCUT2D eigenvalue weighted by Crippen LogP contribution is 2.26. The van der Waals surface area contributed by atoms with Crippen LogP contribution in [0.4, 0.5) is 11.8 Å². The molecule has 0 fully saturated rings. The van der Waals surface area contributed by atoms with E-state index in [9.17, 15) is 0 Å². The summed E-state index contributed by atoms with van der Waals surface area (Å²) < 4.78 is 16.1. The van der Waals surface area contributed by atoms with Crippen LogP contribution in [0.5, 0.6) is 5.75 Å². The van der Waals surface area contributed by atoms with Crippen molar-refractivity contribution in [2.75, 3.05) is 24.7 Å². The fourth-order valence-corrected chi connectivity index (χ4v) is 2.57. The minimum Gasteiger partial charge on any atom is -0.497 e. The van der Waals surface area contributed by atoms with E-state index in [1.807, 2.05) is 24.3 Å². The minimum absolute atomic E-state index is 0.250. The first kappa shape index (κ1) is 15.9. The van der Waals surface area contributed by atoms with Crippen molar-refractivity contribution in [3.63, 3.8) is 0 Å². The van der Waals surface area contributed by atoms with Gasteiger partial charge < -0.3 is 24.6 Å². The lowest BCUT2D eigenvalue weighted by atomic mass is 10.1. The molecule has 1 aromatic carbocycles. The Balaban J connectivity index is 1.50. The number of furan rings is 1. The van der Waals surface area contributed by atoms with Gasteiger partial charge in [-0.25, -0.2) is 4.98 Å². The van der Waals surface area contributed by atoms with Crippen LogP contribution >= 0.6 is 0 Å². The zero-order valence-corrected chi connectivity index (χ0v) is 14.1. The summed E-state index contributed by atoms with van der Waals surface area (Å²) in [7, 11) is 1.65. The molecule has 0 saturated heterocycles. The third-order valence-electron chi connectivity index (χ3n) is 3.85. The highest BCUT2D eigenvalue weighted by molar-refractivity contribution is 5.82. The highest BCUT2D eigenvalue weighted by atomic mass is 16.5. The fraction of sp³-hybridized carbons (Fsp3) is 0.167. The topological polar surface area (TPSA) is 112 Å². The van der Waals surface area contributed by atoms with E-state index >= 15 is 0 Å². The summed E-state index contributed by atoms with van der Waals surface area (Å²) in [5.41, 5.74) is 7.85. The maximum atomic E-state index is 5.98. The molecule has 0 bridgehead atoms. The lowest BCUT2D eigenvalue weighted by Gasteiger charge is -2.06. The Kier molecular flexibility index (Phi) is 4.14. The molecule has 0 saturated carbocycles. The number of fused-ring (bicyclic) bond motifs is 1. The molecule has 0 aliphatic rings. The van der Waals surface area contributed by atoms with Crippen molar-refractivity contribution in [1.82, 2.24) is 15.0 Å². The largest absolute Gasteiger partial charge is 0.497 e. The van der Waals surface area contributed by atoms with Gasteiger partial charge in [0.15, 0.2) is 17.1 Å². The van der Waals surface area contributed by atoms with Crippen LogP contribution < -0.4 is 15.8 Å². The molecule has 0 unspecified atom stereocenters. The number of benzene rings is 1. The van der Waals surface area contributed by atoms with Gasteiger partial charge in [-0.3, -0.25) is 0 Å². The number of anilines is 2. The molecule has 4 rings (SSSR count). The third kappa shape index (κ3) is 3.16. The van der Waals surface area contributed by atoms with Gasteiger partial charge >= 0.3 is 0 Å². The molecule has 26 heavy (non-hydrogen) atoms. The van der Waals surface area contributed by atoms with E-state index in [2.05, 4.69) is 20.3 Å². The Bertz CT molecular complexity index is 1030. The van der Waals surface area contributed by atoms with Crippen LogP contribution in [-0.4, -0.2) is 28.6 Å². The number of aromatic nitrogens is 3. The van der Waals surface area contributed by atoms with E-state index in [0.717, 1.165) is 17.7 Å². The van der Waals surface area contributed by atoms with Gasteiger partial charge in [0.25, 0.3) is 11.6 Å². The van der Waals surface area contributed by atoms with Crippen LogP contribution in [0.1, 0.15) is 5.56 Å². The average molecular weight is 351 g/mol. The SMILES string of the molecule is COc1cccc(CCNc2nc(N)c3nc(-c4ccco4)oc3n2)c1. The summed E-state index contributed by atoms with van der Waals surface area (Å²) in [5, 5.41) is 3.15. The molecule has 132 valence electrons. The van der Waals surface area contributed by atoms with Crippen LogP contribution in [0.15, 0.2) is 51.5 Å². The lowest BCUT2D eigenvalue weighted by Crippen LogP contribution is -2.09. The third-order valence-corrected chi connectivity index (χ3v) is 3.85. The van der Waals surface area contributed by atoms with Crippen molar-refractivity contribution in [3.05, 3.63) is 48.2 Å². The number of methoxy groups -OCH3 is 1. The van der Waals surface area contributed by atoms with Crippen molar-refractivity contribution in [1.29, 1.82) is 0 Å². The van der Waals surface area contributed by atoms with E-state index in [0.29, 0.717) is 35.4 Å². The summed E-state index contributed by atoms with van der Waals surface area (Å²) in [6.07, 6.45) is 2.33. The number of nitrogens with one attached hydrogen (secondary N) is 1. The normalized spacial score (nSPS) is 11.0. The van der Waals surface area contributed by atoms with E-state index in [1.54, 1.807) is 25.5 Å². The molecular weight excluding hydrogens is 334 g/mol. The monoisotopic (exact) mass is 351 g/mol. The van der Waals surface area contributed by atoms with Crippen LogP contribution in [0.2, 0.25) is 0 Å². The van der Waals surface area contributed by atoms with E-state index in [4.69, 9.17) is 19.3 Å². The van der Waals surface area contributed by atoms with Gasteiger partial charge in [-0.05, 0) is 36.2 Å². The van der Waals surface area contributed by atoms with E-state index in [-0.39, 0.29) is 5.82 Å². The molecule has 8 nitrogen and oxygen atoms in total. The van der Waals surface area contributed by atoms with Crippen molar-refractivity contribution >= 4 is 23.0 Å². The van der Waals surface area contributed by atoms with Crippen molar-refractivity contribution in [2.45, 2.75) is 6.42 Å². The molecule has 0 aliphatic heterocycles. The van der Waals surface area contributed by atoms with Gasteiger partial charge in [-0.1, -0.05) is 12.1 Å². The molecule has 0 amide bonds. The molecule has 0 aliphatic carbocycles. The van der Waals surface area contributed by atoms with Gasteiger partial charge in [0.05, 0.1) is 13.4 Å². The number of nitrogens with two attached hydrogens (primary N) is 1. The van der Waals surface area contributed by atoms with Crippen LogP contribution in [0, 0.1) is 0 Å². The van der Waals surface area contributed by atoms with Crippen LogP contribution in [0.3, 0.4) is 0 Å². The Morgan fingerprint density at radius 1 is 1.15 bits per heavy atom. The number of oxazole rings is 1. The highest BCUT2D eigenvalue weighted by Gasteiger charge is 2.15. The zero-order valence-electron chi connectivity index (χ0n) is 14.1. The summed E-state index contributed by atoms with van der Waals surface area (Å²) in [6, 6.07) is 11.4. The Morgan fingerprint density at radius 3 is 2.88 bits per heavy atom. The average Bonchev–Trinajstić information content (AvgIpc) is 3.31. The second-order valence-electron chi connectivity index (χ2n) is 5.61. The Morgan fingerprint density at radius 2 is 2.08 bits per heavy atom. The molecule has 8 heteroatoms. The first-order valence-corrected chi connectivity index (χ1v) is 8.07. The smallest absolute Gasteiger partial charge is 0.265 e. The van der Waals surface area contributed by atoms with Crippen molar-refractivity contribution in [2.24, 2.45) is 0 Å². The summed E-state index contributed by atoms with van der Waals surface area (Å²) in [4.78, 5) is 12.9. The Labute approximate surface area is 149 Å². The standard InChI is InChI=1S/C18H17N5O3/c1-24-12-5-2-4-11(10-12)7-8-20-18-22-15(19)14-17(23-18)26-16(21-14)13-6-3-9-25-13/h2-6,9-10H,7-8H2,1H3,(H3,19,20,22,23). The van der Waals surface area contributed by atoms with E-state index in [1.165, 1.54) is 0 Å². The van der Waals surface area contributed by atoms with Crippen molar-refractivity contribution < 1.29 is 13.6 Å². The summed E-state index contributed by atoms with van der Waals surface area (Å²) >= 11 is 0. The quantitative estimate of drug-likeness (QED) is 0.545. The van der Waals surface area contributed by atoms with Gasteiger partial charge in [0, 0.05) is 6.54 Å². The van der Waals surface area contributed by atoms with E-state index < -0.39 is 0 Å². The van der Waals surface area contributed by atoms with Gasteiger partial charge in [0.1, 0.15) is 5.75 Å². The van der Waals surface area contributed by atoms with Gasteiger partial charge in [-0.15, -0.1) is 0 Å². The molecule has 3 N–H and O–H groups in total. The molecule has 0 spiro atoms. The number of nitrogens with zero attached hydrogens (tertiary/aromatic N) is 3. The fourth-order valence-electron chi connectivity index (χ4n) is 2.57. The Hall–Kier alpha value is -3.55. The molecule has 3 aromatic heterocycles. The van der Waals surface area contributed by atoms with Crippen LogP contribution in [0.25, 0.3) is 22.9 Å². The molecule has 4 aromatic rings. The van der Waals surface area contributed by atoms with Gasteiger partial charge in [-0.2, -0.15) is 9.97 Å². The number of rotatable bonds is 6. The number of hydrogen-bond donors (Lipinski definition) is 2. The second kappa shape index (κ2) is 6.75. The van der Waals surface area contributed by atoms with Crippen molar-refractivity contribution in [3.8, 4) is 17.4 Å². The number of hydrogen-bond acceptors (Lipinski definition) is 8. The number of ether oxygens (including phenoxy) is 1. The summed E-state index contributed by atoms with van der Waals surface area (Å²) in [5.74, 6) is 2.30. The molecule has 0 atom stereocenters. The molecule has 0 radical (unpaired) electrons. The zero-order chi connectivity index (χ0) is 17.9. The first-order valence-electron chi connectivity index (χ1n) is 8.07. The minimum atomic E-state index is 0.250. The maximum absolute atomic E-state index is 5.98.